The molecule has 0 radical (unpaired) electrons. The molecule has 0 heterocycles. The number of aliphatic hydroxyl groups excluding tert-OH is 2. The molecule has 0 saturated carbocycles. The molecule has 0 fully saturated rings. The third kappa shape index (κ3) is 16.4. The Balaban J connectivity index is 3.97. The largest absolute Gasteiger partial charge is 0.395 e. The molecule has 2 N–H and O–H groups in total. The van der Waals surface area contributed by atoms with Crippen molar-refractivity contribution in [1.82, 2.24) is 4.90 Å². The number of thioether (sulfide) groups is 2. The van der Waals surface area contributed by atoms with E-state index in [-0.39, 0.29) is 19.3 Å². The molecule has 0 aliphatic rings. The number of hydrogen-bond acceptors (Lipinski definition) is 5. The molecule has 3 nitrogen and oxygen atoms in total. The number of hydrogen-bond donors (Lipinski definition) is 2. The first kappa shape index (κ1) is 28.6. The second-order valence-electron chi connectivity index (χ2n) is 8.53. The molecule has 170 valence electrons. The zero-order valence-corrected chi connectivity index (χ0v) is 20.8. The van der Waals surface area contributed by atoms with Gasteiger partial charge in [-0.2, -0.15) is 23.5 Å². The lowest BCUT2D eigenvalue weighted by Crippen LogP contribution is -2.41. The average molecular weight is 436 g/mol. The van der Waals surface area contributed by atoms with Gasteiger partial charge in [-0.3, -0.25) is 4.90 Å². The normalized spacial score (nSPS) is 14.1. The summed E-state index contributed by atoms with van der Waals surface area (Å²) in [6, 6.07) is -0.0824. The Bertz CT molecular complexity index is 293. The summed E-state index contributed by atoms with van der Waals surface area (Å²) >= 11 is 3.89. The van der Waals surface area contributed by atoms with Crippen LogP contribution in [0.1, 0.15) is 78.1 Å². The maximum atomic E-state index is 9.61. The summed E-state index contributed by atoms with van der Waals surface area (Å²) in [7, 11) is 0. The van der Waals surface area contributed by atoms with Gasteiger partial charge in [-0.05, 0) is 74.6 Å². The lowest BCUT2D eigenvalue weighted by molar-refractivity contribution is 0.0709. The maximum absolute atomic E-state index is 9.61. The molecule has 0 spiro atoms. The minimum Gasteiger partial charge on any atom is -0.395 e. The Kier molecular flexibility index (Phi) is 21.3. The van der Waals surface area contributed by atoms with Gasteiger partial charge in [0.1, 0.15) is 0 Å². The molecular weight excluding hydrogens is 386 g/mol. The van der Waals surface area contributed by atoms with Gasteiger partial charge < -0.3 is 10.2 Å². The lowest BCUT2D eigenvalue weighted by atomic mass is 10.00. The van der Waals surface area contributed by atoms with Crippen LogP contribution in [-0.4, -0.2) is 71.5 Å². The summed E-state index contributed by atoms with van der Waals surface area (Å²) in [5.74, 6) is 4.23. The molecule has 0 amide bonds. The summed E-state index contributed by atoms with van der Waals surface area (Å²) < 4.78 is 0. The maximum Gasteiger partial charge on any atom is 0.0609 e. The number of nitrogens with zero attached hydrogens (tertiary/aromatic N) is 1. The Morgan fingerprint density at radius 1 is 0.643 bits per heavy atom. The van der Waals surface area contributed by atoms with Crippen LogP contribution in [0.4, 0.5) is 0 Å². The van der Waals surface area contributed by atoms with Crippen LogP contribution >= 0.6 is 23.5 Å². The highest BCUT2D eigenvalue weighted by Crippen LogP contribution is 2.17. The van der Waals surface area contributed by atoms with Gasteiger partial charge >= 0.3 is 0 Å². The standard InChI is InChI=1S/C23H49NO2S2/c1-21(13-17-27-3)11-7-5-9-15-24(23(19-25)20-26)16-10-6-8-12-22(2)14-18-28-4/h21-23,25-26H,5-20H2,1-4H3. The Labute approximate surface area is 184 Å². The predicted octanol–water partition coefficient (Wildman–Crippen LogP) is 5.54. The van der Waals surface area contributed by atoms with E-state index in [4.69, 9.17) is 0 Å². The first-order valence-corrected chi connectivity index (χ1v) is 14.3. The summed E-state index contributed by atoms with van der Waals surface area (Å²) in [4.78, 5) is 2.33. The minimum absolute atomic E-state index is 0.0634. The van der Waals surface area contributed by atoms with E-state index in [1.165, 1.54) is 75.7 Å². The van der Waals surface area contributed by atoms with Gasteiger partial charge in [-0.15, -0.1) is 0 Å². The van der Waals surface area contributed by atoms with Gasteiger partial charge in [0, 0.05) is 0 Å². The second kappa shape index (κ2) is 20.8. The summed E-state index contributed by atoms with van der Waals surface area (Å²) in [6.45, 7) is 6.89. The smallest absolute Gasteiger partial charge is 0.0609 e. The first-order valence-electron chi connectivity index (χ1n) is 11.5. The van der Waals surface area contributed by atoms with Gasteiger partial charge in [0.25, 0.3) is 0 Å². The van der Waals surface area contributed by atoms with Gasteiger partial charge in [-0.1, -0.05) is 52.4 Å². The van der Waals surface area contributed by atoms with E-state index in [9.17, 15) is 10.2 Å². The highest BCUT2D eigenvalue weighted by atomic mass is 32.2. The van der Waals surface area contributed by atoms with Crippen LogP contribution in [-0.2, 0) is 0 Å². The van der Waals surface area contributed by atoms with E-state index >= 15 is 0 Å². The molecule has 0 aromatic heterocycles. The van der Waals surface area contributed by atoms with Crippen molar-refractivity contribution in [3.8, 4) is 0 Å². The highest BCUT2D eigenvalue weighted by molar-refractivity contribution is 7.98. The van der Waals surface area contributed by atoms with Gasteiger partial charge in [-0.25, -0.2) is 0 Å². The Hall–Kier alpha value is 0.580. The van der Waals surface area contributed by atoms with Crippen LogP contribution in [0.25, 0.3) is 0 Å². The number of aliphatic hydroxyl groups is 2. The fourth-order valence-corrected chi connectivity index (χ4v) is 4.94. The molecule has 0 aromatic rings. The van der Waals surface area contributed by atoms with Crippen molar-refractivity contribution in [2.24, 2.45) is 11.8 Å². The van der Waals surface area contributed by atoms with Crippen LogP contribution in [0.2, 0.25) is 0 Å². The molecule has 2 unspecified atom stereocenters. The van der Waals surface area contributed by atoms with Crippen LogP contribution in [0, 0.1) is 11.8 Å². The molecule has 0 bridgehead atoms. The van der Waals surface area contributed by atoms with Crippen LogP contribution in [0.15, 0.2) is 0 Å². The van der Waals surface area contributed by atoms with E-state index in [1.54, 1.807) is 0 Å². The average Bonchev–Trinajstić information content (AvgIpc) is 2.70. The van der Waals surface area contributed by atoms with E-state index < -0.39 is 0 Å². The van der Waals surface area contributed by atoms with Crippen molar-refractivity contribution in [3.63, 3.8) is 0 Å². The molecule has 5 heteroatoms. The van der Waals surface area contributed by atoms with Crippen molar-refractivity contribution < 1.29 is 10.2 Å². The molecule has 0 saturated heterocycles. The lowest BCUT2D eigenvalue weighted by Gasteiger charge is -2.29. The zero-order valence-electron chi connectivity index (χ0n) is 19.2. The zero-order chi connectivity index (χ0) is 21.0. The fourth-order valence-electron chi connectivity index (χ4n) is 3.66. The number of rotatable bonds is 21. The molecule has 0 aliphatic heterocycles. The molecular formula is C23H49NO2S2. The topological polar surface area (TPSA) is 43.7 Å². The van der Waals surface area contributed by atoms with Gasteiger partial charge in [0.2, 0.25) is 0 Å². The second-order valence-corrected chi connectivity index (χ2v) is 10.5. The van der Waals surface area contributed by atoms with Crippen LogP contribution < -0.4 is 0 Å². The van der Waals surface area contributed by atoms with E-state index in [1.807, 2.05) is 23.5 Å². The van der Waals surface area contributed by atoms with Gasteiger partial charge in [0.05, 0.1) is 19.3 Å². The summed E-state index contributed by atoms with van der Waals surface area (Å²) in [6.07, 6.45) is 17.2. The van der Waals surface area contributed by atoms with Crippen molar-refractivity contribution in [3.05, 3.63) is 0 Å². The van der Waals surface area contributed by atoms with Crippen molar-refractivity contribution in [2.45, 2.75) is 84.1 Å². The third-order valence-electron chi connectivity index (χ3n) is 5.85. The predicted molar refractivity (Wildman–Crippen MR) is 131 cm³/mol. The van der Waals surface area contributed by atoms with Crippen molar-refractivity contribution in [1.29, 1.82) is 0 Å². The Morgan fingerprint density at radius 3 is 1.43 bits per heavy atom. The third-order valence-corrected chi connectivity index (χ3v) is 7.14. The Morgan fingerprint density at radius 2 is 1.07 bits per heavy atom. The molecule has 2 atom stereocenters. The number of unbranched alkanes of at least 4 members (excludes halogenated alkanes) is 4. The molecule has 0 rings (SSSR count). The highest BCUT2D eigenvalue weighted by Gasteiger charge is 2.16. The molecule has 0 aliphatic carbocycles. The van der Waals surface area contributed by atoms with Gasteiger partial charge in [0.15, 0.2) is 0 Å². The monoisotopic (exact) mass is 435 g/mol. The quantitative estimate of drug-likeness (QED) is 0.232. The van der Waals surface area contributed by atoms with E-state index in [0.29, 0.717) is 0 Å². The van der Waals surface area contributed by atoms with Crippen LogP contribution in [0.3, 0.4) is 0 Å². The van der Waals surface area contributed by atoms with E-state index in [2.05, 4.69) is 31.3 Å². The minimum atomic E-state index is -0.0824. The van der Waals surface area contributed by atoms with Crippen molar-refractivity contribution in [2.75, 3.05) is 50.3 Å². The van der Waals surface area contributed by atoms with Crippen molar-refractivity contribution >= 4 is 23.5 Å². The fraction of sp³-hybridized carbons (Fsp3) is 1.00. The van der Waals surface area contributed by atoms with E-state index in [0.717, 1.165) is 24.9 Å². The summed E-state index contributed by atoms with van der Waals surface area (Å²) in [5, 5.41) is 19.2. The SMILES string of the molecule is CSCCC(C)CCCCCN(CCCCCC(C)CCSC)C(CO)CO. The van der Waals surface area contributed by atoms with Crippen LogP contribution in [0.5, 0.6) is 0 Å². The summed E-state index contributed by atoms with van der Waals surface area (Å²) in [5.41, 5.74) is 0. The molecule has 28 heavy (non-hydrogen) atoms. The first-order chi connectivity index (χ1) is 13.6. The molecule has 0 aromatic carbocycles.